The SMILES string of the molecule is Cc1ncsc1-c1ccc(CNC(=O)[C@@H]2C[C@@H](O)CN2C(=O)[C@@H](NC(=O)CCCOc2ccc(-c3cnc4[nH]cc(C(=O)c5c(F)cccc5F)c4c3)cc2)C(C)(C)C)cc1. The van der Waals surface area contributed by atoms with Gasteiger partial charge in [-0.25, -0.2) is 18.7 Å². The molecule has 3 atom stereocenters. The minimum absolute atomic E-state index is 0.0242. The molecule has 1 aliphatic heterocycles. The number of β-amino-alcohol motifs (C(OH)–C–C–N with tert-alkyl or cyclic N) is 1. The van der Waals surface area contributed by atoms with Crippen LogP contribution in [-0.2, 0) is 20.9 Å². The predicted octanol–water partition coefficient (Wildman–Crippen LogP) is 7.14. The Balaban J connectivity index is 0.909. The molecule has 61 heavy (non-hydrogen) atoms. The molecule has 3 amide bonds. The van der Waals surface area contributed by atoms with E-state index in [0.717, 1.165) is 39.4 Å². The first-order valence-electron chi connectivity index (χ1n) is 19.9. The Labute approximate surface area is 355 Å². The molecule has 3 aromatic heterocycles. The Bertz CT molecular complexity index is 2550. The van der Waals surface area contributed by atoms with E-state index in [4.69, 9.17) is 4.74 Å². The number of halogens is 2. The van der Waals surface area contributed by atoms with Gasteiger partial charge in [0, 0.05) is 54.8 Å². The Morgan fingerprint density at radius 3 is 2.36 bits per heavy atom. The van der Waals surface area contributed by atoms with E-state index in [1.54, 1.807) is 53.4 Å². The second-order valence-corrected chi connectivity index (χ2v) is 17.0. The zero-order valence-electron chi connectivity index (χ0n) is 34.1. The van der Waals surface area contributed by atoms with Gasteiger partial charge in [-0.15, -0.1) is 11.3 Å². The fourth-order valence-corrected chi connectivity index (χ4v) is 8.19. The van der Waals surface area contributed by atoms with Gasteiger partial charge in [0.05, 0.1) is 34.4 Å². The Morgan fingerprint density at radius 2 is 1.69 bits per heavy atom. The number of benzene rings is 3. The average molecular weight is 849 g/mol. The van der Waals surface area contributed by atoms with E-state index in [0.29, 0.717) is 28.8 Å². The number of pyridine rings is 1. The minimum Gasteiger partial charge on any atom is -0.494 e. The quantitative estimate of drug-likeness (QED) is 0.0664. The van der Waals surface area contributed by atoms with Crippen LogP contribution in [0.3, 0.4) is 0 Å². The highest BCUT2D eigenvalue weighted by molar-refractivity contribution is 7.13. The molecule has 0 unspecified atom stereocenters. The lowest BCUT2D eigenvalue weighted by Gasteiger charge is -2.35. The van der Waals surface area contributed by atoms with Gasteiger partial charge in [0.2, 0.25) is 23.5 Å². The van der Waals surface area contributed by atoms with Crippen LogP contribution in [-0.4, -0.2) is 79.8 Å². The number of aliphatic hydroxyl groups is 1. The number of hydrogen-bond donors (Lipinski definition) is 4. The van der Waals surface area contributed by atoms with E-state index in [-0.39, 0.29) is 49.9 Å². The predicted molar refractivity (Wildman–Crippen MR) is 228 cm³/mol. The summed E-state index contributed by atoms with van der Waals surface area (Å²) in [7, 11) is 0. The Kier molecular flexibility index (Phi) is 12.7. The first-order chi connectivity index (χ1) is 29.2. The van der Waals surface area contributed by atoms with E-state index in [1.165, 1.54) is 17.2 Å². The molecule has 0 saturated carbocycles. The van der Waals surface area contributed by atoms with E-state index in [2.05, 4.69) is 25.6 Å². The second-order valence-electron chi connectivity index (χ2n) is 16.2. The number of thiazole rings is 1. The third-order valence-corrected chi connectivity index (χ3v) is 11.7. The molecule has 316 valence electrons. The number of ketones is 1. The number of aromatic amines is 1. The summed E-state index contributed by atoms with van der Waals surface area (Å²) in [5.74, 6) is -3.31. The monoisotopic (exact) mass is 848 g/mol. The number of ether oxygens (including phenoxy) is 1. The molecule has 1 saturated heterocycles. The molecule has 0 radical (unpaired) electrons. The summed E-state index contributed by atoms with van der Waals surface area (Å²) in [5.41, 5.74) is 5.26. The third-order valence-electron chi connectivity index (χ3n) is 10.7. The number of rotatable bonds is 14. The number of hydrogen-bond acceptors (Lipinski definition) is 9. The highest BCUT2D eigenvalue weighted by atomic mass is 32.1. The summed E-state index contributed by atoms with van der Waals surface area (Å²) in [6.07, 6.45) is 2.64. The summed E-state index contributed by atoms with van der Waals surface area (Å²) < 4.78 is 34.7. The van der Waals surface area contributed by atoms with Gasteiger partial charge in [-0.05, 0) is 65.8 Å². The number of carbonyl (C=O) groups excluding carboxylic acids is 4. The van der Waals surface area contributed by atoms with Gasteiger partial charge >= 0.3 is 0 Å². The van der Waals surface area contributed by atoms with Crippen molar-refractivity contribution in [3.63, 3.8) is 0 Å². The highest BCUT2D eigenvalue weighted by Crippen LogP contribution is 2.31. The number of aliphatic hydroxyl groups excluding tert-OH is 1. The lowest BCUT2D eigenvalue weighted by atomic mass is 9.85. The van der Waals surface area contributed by atoms with Crippen molar-refractivity contribution in [1.82, 2.24) is 30.5 Å². The summed E-state index contributed by atoms with van der Waals surface area (Å²) >= 11 is 1.56. The van der Waals surface area contributed by atoms with Crippen molar-refractivity contribution in [2.24, 2.45) is 5.41 Å². The van der Waals surface area contributed by atoms with Gasteiger partial charge in [-0.3, -0.25) is 19.2 Å². The van der Waals surface area contributed by atoms with E-state index in [1.807, 2.05) is 52.0 Å². The van der Waals surface area contributed by atoms with Gasteiger partial charge in [-0.2, -0.15) is 0 Å². The number of amides is 3. The summed E-state index contributed by atoms with van der Waals surface area (Å²) in [4.78, 5) is 67.8. The van der Waals surface area contributed by atoms with Gasteiger partial charge in [0.25, 0.3) is 0 Å². The van der Waals surface area contributed by atoms with Gasteiger partial charge in [-0.1, -0.05) is 63.2 Å². The van der Waals surface area contributed by atoms with Crippen LogP contribution in [0.1, 0.15) is 67.2 Å². The summed E-state index contributed by atoms with van der Waals surface area (Å²) in [6.45, 7) is 7.89. The van der Waals surface area contributed by atoms with Crippen molar-refractivity contribution in [2.75, 3.05) is 13.2 Å². The molecule has 0 aliphatic carbocycles. The van der Waals surface area contributed by atoms with E-state index < -0.39 is 52.5 Å². The molecule has 4 N–H and O–H groups in total. The molecule has 1 aliphatic rings. The maximum Gasteiger partial charge on any atom is 0.246 e. The smallest absolute Gasteiger partial charge is 0.246 e. The standard InChI is InChI=1S/C46H46F2N6O6S/c1-26-41(61-25-52-26)29-12-10-27(11-13-29)21-51-44(58)37-20-31(55)24-54(37)45(59)42(46(2,3)4)53-38(56)9-6-18-60-32-16-14-28(15-17-32)30-19-33-34(23-50-43(33)49-22-30)40(57)39-35(47)7-5-8-36(39)48/h5,7-8,10-17,19,22-23,25,31,37,42,55H,6,9,18,20-21,24H2,1-4H3,(H,49,50)(H,51,58)(H,53,56)/t31-,37+,42-/m1/s1. The number of carbonyl (C=O) groups is 4. The molecule has 15 heteroatoms. The zero-order valence-corrected chi connectivity index (χ0v) is 34.9. The number of fused-ring (bicyclic) bond motifs is 1. The largest absolute Gasteiger partial charge is 0.494 e. The minimum atomic E-state index is -0.952. The number of likely N-dealkylation sites (tertiary alicyclic amines) is 1. The molecule has 6 aromatic rings. The first-order valence-corrected chi connectivity index (χ1v) is 20.8. The third kappa shape index (κ3) is 9.68. The van der Waals surface area contributed by atoms with Crippen LogP contribution >= 0.6 is 11.3 Å². The fraction of sp³-hybridized carbons (Fsp3) is 0.304. The van der Waals surface area contributed by atoms with Gasteiger partial charge in [0.1, 0.15) is 35.1 Å². The number of aryl methyl sites for hydroxylation is 1. The fourth-order valence-electron chi connectivity index (χ4n) is 7.38. The van der Waals surface area contributed by atoms with Crippen LogP contribution in [0.25, 0.3) is 32.6 Å². The Morgan fingerprint density at radius 1 is 0.984 bits per heavy atom. The van der Waals surface area contributed by atoms with Crippen molar-refractivity contribution in [3.8, 4) is 27.3 Å². The van der Waals surface area contributed by atoms with Crippen LogP contribution in [0.5, 0.6) is 5.75 Å². The van der Waals surface area contributed by atoms with Gasteiger partial charge in [0.15, 0.2) is 0 Å². The number of nitrogens with one attached hydrogen (secondary N) is 3. The molecular weight excluding hydrogens is 803 g/mol. The lowest BCUT2D eigenvalue weighted by Crippen LogP contribution is -2.57. The van der Waals surface area contributed by atoms with Crippen LogP contribution < -0.4 is 15.4 Å². The normalized spacial score (nSPS) is 15.8. The second kappa shape index (κ2) is 18.1. The molecule has 12 nitrogen and oxygen atoms in total. The van der Waals surface area contributed by atoms with Crippen LogP contribution in [0, 0.1) is 24.0 Å². The van der Waals surface area contributed by atoms with Crippen LogP contribution in [0.4, 0.5) is 8.78 Å². The zero-order chi connectivity index (χ0) is 43.4. The van der Waals surface area contributed by atoms with Crippen molar-refractivity contribution in [1.29, 1.82) is 0 Å². The van der Waals surface area contributed by atoms with Crippen molar-refractivity contribution in [3.05, 3.63) is 125 Å². The van der Waals surface area contributed by atoms with Crippen molar-refractivity contribution in [2.45, 2.75) is 71.7 Å². The number of nitrogens with zero attached hydrogens (tertiary/aromatic N) is 3. The average Bonchev–Trinajstić information content (AvgIpc) is 3.98. The van der Waals surface area contributed by atoms with E-state index >= 15 is 0 Å². The number of aromatic nitrogens is 3. The van der Waals surface area contributed by atoms with Crippen molar-refractivity contribution >= 4 is 45.9 Å². The van der Waals surface area contributed by atoms with Gasteiger partial charge < -0.3 is 30.4 Å². The molecular formula is C46H46F2N6O6S. The maximum absolute atomic E-state index is 14.4. The first kappa shape index (κ1) is 42.8. The molecule has 0 bridgehead atoms. The van der Waals surface area contributed by atoms with Crippen molar-refractivity contribution < 1.29 is 37.8 Å². The molecule has 3 aromatic carbocycles. The van der Waals surface area contributed by atoms with Crippen LogP contribution in [0.15, 0.2) is 90.7 Å². The molecule has 0 spiro atoms. The summed E-state index contributed by atoms with van der Waals surface area (Å²) in [6, 6.07) is 18.1. The van der Waals surface area contributed by atoms with E-state index in [9.17, 15) is 33.1 Å². The molecule has 1 fully saturated rings. The highest BCUT2D eigenvalue weighted by Gasteiger charge is 2.44. The maximum atomic E-state index is 14.4. The lowest BCUT2D eigenvalue weighted by molar-refractivity contribution is -0.144. The topological polar surface area (TPSA) is 167 Å². The molecule has 7 rings (SSSR count). The van der Waals surface area contributed by atoms with Crippen LogP contribution in [0.2, 0.25) is 0 Å². The summed E-state index contributed by atoms with van der Waals surface area (Å²) in [5, 5.41) is 16.8. The molecule has 4 heterocycles. The number of H-pyrrole nitrogens is 1. The Hall–Kier alpha value is -6.32.